The molecule has 1 aromatic heterocycles. The molecule has 1 saturated carbocycles. The molecule has 1 fully saturated rings. The molecule has 0 bridgehead atoms. The second-order valence-corrected chi connectivity index (χ2v) is 5.35. The quantitative estimate of drug-likeness (QED) is 0.868. The van der Waals surface area contributed by atoms with Gasteiger partial charge in [0.15, 0.2) is 0 Å². The Labute approximate surface area is 86.6 Å². The van der Waals surface area contributed by atoms with Gasteiger partial charge < -0.3 is 10.2 Å². The lowest BCUT2D eigenvalue weighted by atomic mass is 9.83. The Morgan fingerprint density at radius 2 is 2.15 bits per heavy atom. The van der Waals surface area contributed by atoms with Gasteiger partial charge in [-0.25, -0.2) is 0 Å². The zero-order valence-electron chi connectivity index (χ0n) is 7.93. The van der Waals surface area contributed by atoms with E-state index >= 15 is 0 Å². The molecule has 0 aromatic carbocycles. The molecule has 2 N–H and O–H groups in total. The molecule has 0 unspecified atom stereocenters. The van der Waals surface area contributed by atoms with E-state index in [0.717, 1.165) is 23.1 Å². The first-order valence-electron chi connectivity index (χ1n) is 4.49. The molecule has 2 nitrogen and oxygen atoms in total. The van der Waals surface area contributed by atoms with Gasteiger partial charge in [-0.1, -0.05) is 0 Å². The van der Waals surface area contributed by atoms with Crippen LogP contribution in [0.25, 0.3) is 0 Å². The summed E-state index contributed by atoms with van der Waals surface area (Å²) in [5.74, 6) is 1.02. The molecule has 1 aliphatic carbocycles. The lowest BCUT2D eigenvalue weighted by molar-refractivity contribution is 0.328. The highest BCUT2D eigenvalue weighted by Crippen LogP contribution is 2.55. The standard InChI is InChI=1S/C10H14BrNO/c1-9(2,12)10(3-4-10)8-5-7(11)6-13-8/h5-6H,3-4,12H2,1-2H3. The van der Waals surface area contributed by atoms with Crippen molar-refractivity contribution < 1.29 is 4.42 Å². The van der Waals surface area contributed by atoms with Gasteiger partial charge in [-0.2, -0.15) is 0 Å². The summed E-state index contributed by atoms with van der Waals surface area (Å²) in [7, 11) is 0. The van der Waals surface area contributed by atoms with Gasteiger partial charge in [-0.05, 0) is 48.7 Å². The van der Waals surface area contributed by atoms with Crippen molar-refractivity contribution in [1.29, 1.82) is 0 Å². The normalized spacial score (nSPS) is 20.3. The molecule has 0 atom stereocenters. The van der Waals surface area contributed by atoms with E-state index in [0.29, 0.717) is 0 Å². The smallest absolute Gasteiger partial charge is 0.112 e. The lowest BCUT2D eigenvalue weighted by Crippen LogP contribution is -2.45. The van der Waals surface area contributed by atoms with Gasteiger partial charge >= 0.3 is 0 Å². The van der Waals surface area contributed by atoms with Gasteiger partial charge in [0.25, 0.3) is 0 Å². The summed E-state index contributed by atoms with van der Waals surface area (Å²) in [4.78, 5) is 0. The average Bonchev–Trinajstić information content (AvgIpc) is 2.70. The molecule has 72 valence electrons. The zero-order chi connectivity index (χ0) is 9.69. The van der Waals surface area contributed by atoms with Crippen LogP contribution in [0.5, 0.6) is 0 Å². The minimum absolute atomic E-state index is 0.0824. The van der Waals surface area contributed by atoms with Gasteiger partial charge in [-0.15, -0.1) is 0 Å². The minimum Gasteiger partial charge on any atom is -0.467 e. The van der Waals surface area contributed by atoms with Gasteiger partial charge in [0.2, 0.25) is 0 Å². The number of rotatable bonds is 2. The highest BCUT2D eigenvalue weighted by Gasteiger charge is 2.56. The van der Waals surface area contributed by atoms with Crippen LogP contribution in [-0.4, -0.2) is 5.54 Å². The second-order valence-electron chi connectivity index (χ2n) is 4.43. The largest absolute Gasteiger partial charge is 0.467 e. The summed E-state index contributed by atoms with van der Waals surface area (Å²) in [6.07, 6.45) is 3.99. The highest BCUT2D eigenvalue weighted by molar-refractivity contribution is 9.10. The molecule has 1 aliphatic rings. The van der Waals surface area contributed by atoms with Gasteiger partial charge in [0, 0.05) is 11.0 Å². The minimum atomic E-state index is -0.190. The van der Waals surface area contributed by atoms with Crippen molar-refractivity contribution in [3.63, 3.8) is 0 Å². The monoisotopic (exact) mass is 243 g/mol. The molecule has 0 saturated heterocycles. The third-order valence-corrected chi connectivity index (χ3v) is 3.44. The van der Waals surface area contributed by atoms with Crippen molar-refractivity contribution in [3.8, 4) is 0 Å². The Hall–Kier alpha value is -0.280. The number of hydrogen-bond acceptors (Lipinski definition) is 2. The van der Waals surface area contributed by atoms with Crippen LogP contribution in [0.4, 0.5) is 0 Å². The molecule has 0 spiro atoms. The zero-order valence-corrected chi connectivity index (χ0v) is 9.52. The number of hydrogen-bond donors (Lipinski definition) is 1. The van der Waals surface area contributed by atoms with Crippen molar-refractivity contribution in [2.24, 2.45) is 5.73 Å². The fourth-order valence-electron chi connectivity index (χ4n) is 1.90. The molecule has 2 rings (SSSR count). The Morgan fingerprint density at radius 1 is 1.54 bits per heavy atom. The average molecular weight is 244 g/mol. The van der Waals surface area contributed by atoms with E-state index < -0.39 is 0 Å². The van der Waals surface area contributed by atoms with Crippen LogP contribution in [0.3, 0.4) is 0 Å². The third-order valence-electron chi connectivity index (χ3n) is 3.02. The van der Waals surface area contributed by atoms with E-state index in [1.165, 1.54) is 0 Å². The van der Waals surface area contributed by atoms with Crippen LogP contribution in [0, 0.1) is 0 Å². The van der Waals surface area contributed by atoms with E-state index in [9.17, 15) is 0 Å². The summed E-state index contributed by atoms with van der Waals surface area (Å²) in [6.45, 7) is 4.13. The maximum absolute atomic E-state index is 6.14. The summed E-state index contributed by atoms with van der Waals surface area (Å²) in [6, 6.07) is 2.03. The number of furan rings is 1. The maximum atomic E-state index is 6.14. The van der Waals surface area contributed by atoms with Crippen molar-refractivity contribution in [2.75, 3.05) is 0 Å². The van der Waals surface area contributed by atoms with Gasteiger partial charge in [0.05, 0.1) is 4.47 Å². The Balaban J connectivity index is 2.36. The van der Waals surface area contributed by atoms with E-state index in [-0.39, 0.29) is 11.0 Å². The van der Waals surface area contributed by atoms with Crippen molar-refractivity contribution in [1.82, 2.24) is 0 Å². The topological polar surface area (TPSA) is 39.2 Å². The van der Waals surface area contributed by atoms with E-state index in [4.69, 9.17) is 10.2 Å². The molecule has 1 heterocycles. The molecule has 13 heavy (non-hydrogen) atoms. The summed E-state index contributed by atoms with van der Waals surface area (Å²) >= 11 is 3.38. The first-order chi connectivity index (χ1) is 5.96. The Bertz CT molecular complexity index is 320. The number of nitrogens with two attached hydrogens (primary N) is 1. The maximum Gasteiger partial charge on any atom is 0.112 e. The summed E-state index contributed by atoms with van der Waals surface area (Å²) in [5, 5.41) is 0. The van der Waals surface area contributed by atoms with Crippen LogP contribution in [0.2, 0.25) is 0 Å². The van der Waals surface area contributed by atoms with Gasteiger partial charge in [-0.3, -0.25) is 0 Å². The Kier molecular flexibility index (Phi) is 1.86. The van der Waals surface area contributed by atoms with Crippen LogP contribution in [-0.2, 0) is 5.41 Å². The molecule has 3 heteroatoms. The van der Waals surface area contributed by atoms with Gasteiger partial charge in [0.1, 0.15) is 12.0 Å². The summed E-state index contributed by atoms with van der Waals surface area (Å²) < 4.78 is 6.49. The predicted molar refractivity (Wildman–Crippen MR) is 55.6 cm³/mol. The van der Waals surface area contributed by atoms with Crippen LogP contribution < -0.4 is 5.73 Å². The Morgan fingerprint density at radius 3 is 2.46 bits per heavy atom. The molecular formula is C10H14BrNO. The fourth-order valence-corrected chi connectivity index (χ4v) is 2.20. The van der Waals surface area contributed by atoms with Crippen LogP contribution >= 0.6 is 15.9 Å². The SMILES string of the molecule is CC(C)(N)C1(c2cc(Br)co2)CC1. The van der Waals surface area contributed by atoms with E-state index in [2.05, 4.69) is 29.8 Å². The highest BCUT2D eigenvalue weighted by atomic mass is 79.9. The number of halogens is 1. The van der Waals surface area contributed by atoms with Crippen molar-refractivity contribution in [3.05, 3.63) is 22.6 Å². The van der Waals surface area contributed by atoms with E-state index in [1.54, 1.807) is 6.26 Å². The molecular weight excluding hydrogens is 230 g/mol. The first-order valence-corrected chi connectivity index (χ1v) is 5.28. The molecule has 1 aromatic rings. The molecule has 0 amide bonds. The van der Waals surface area contributed by atoms with E-state index in [1.807, 2.05) is 6.07 Å². The molecule has 0 aliphatic heterocycles. The van der Waals surface area contributed by atoms with Crippen molar-refractivity contribution in [2.45, 2.75) is 37.6 Å². The van der Waals surface area contributed by atoms with Crippen molar-refractivity contribution >= 4 is 15.9 Å². The predicted octanol–water partition coefficient (Wildman–Crippen LogP) is 2.81. The summed E-state index contributed by atoms with van der Waals surface area (Å²) in [5.41, 5.74) is 6.03. The third kappa shape index (κ3) is 1.34. The second kappa shape index (κ2) is 2.61. The van der Waals surface area contributed by atoms with Crippen LogP contribution in [0.1, 0.15) is 32.4 Å². The lowest BCUT2D eigenvalue weighted by Gasteiger charge is -2.28. The van der Waals surface area contributed by atoms with Crippen LogP contribution in [0.15, 0.2) is 21.2 Å². The molecule has 0 radical (unpaired) electrons. The first kappa shape index (κ1) is 9.28. The fraction of sp³-hybridized carbons (Fsp3) is 0.600.